The highest BCUT2D eigenvalue weighted by molar-refractivity contribution is 5.78. The van der Waals surface area contributed by atoms with Gasteiger partial charge in [-0.15, -0.1) is 0 Å². The predicted octanol–water partition coefficient (Wildman–Crippen LogP) is 3.18. The molecule has 21 heavy (non-hydrogen) atoms. The quantitative estimate of drug-likeness (QED) is 0.848. The van der Waals surface area contributed by atoms with E-state index in [1.807, 2.05) is 13.2 Å². The van der Waals surface area contributed by atoms with Gasteiger partial charge in [0.2, 0.25) is 0 Å². The number of fused-ring (bicyclic) bond motifs is 1. The normalized spacial score (nSPS) is 17.8. The second-order valence-electron chi connectivity index (χ2n) is 5.90. The van der Waals surface area contributed by atoms with Gasteiger partial charge in [-0.05, 0) is 37.4 Å². The second-order valence-corrected chi connectivity index (χ2v) is 5.90. The molecule has 112 valence electrons. The Morgan fingerprint density at radius 3 is 2.76 bits per heavy atom. The number of hydrogen-bond acceptors (Lipinski definition) is 3. The number of benzene rings is 1. The van der Waals surface area contributed by atoms with E-state index < -0.39 is 0 Å². The van der Waals surface area contributed by atoms with Crippen LogP contribution in [0.1, 0.15) is 25.5 Å². The summed E-state index contributed by atoms with van der Waals surface area (Å²) < 4.78 is 5.76. The van der Waals surface area contributed by atoms with Gasteiger partial charge in [0.1, 0.15) is 0 Å². The van der Waals surface area contributed by atoms with Crippen molar-refractivity contribution in [2.75, 3.05) is 13.7 Å². The zero-order valence-electron chi connectivity index (χ0n) is 12.9. The fourth-order valence-electron chi connectivity index (χ4n) is 3.12. The molecule has 1 aromatic heterocycles. The van der Waals surface area contributed by atoms with Crippen LogP contribution in [-0.2, 0) is 11.2 Å². The smallest absolute Gasteiger partial charge is 0.0756 e. The Morgan fingerprint density at radius 1 is 1.24 bits per heavy atom. The van der Waals surface area contributed by atoms with Crippen LogP contribution in [0.5, 0.6) is 0 Å². The Morgan fingerprint density at radius 2 is 2.05 bits per heavy atom. The fraction of sp³-hybridized carbons (Fsp3) is 0.500. The van der Waals surface area contributed by atoms with Crippen molar-refractivity contribution in [2.45, 2.75) is 38.3 Å². The summed E-state index contributed by atoms with van der Waals surface area (Å²) in [6.07, 6.45) is 3.82. The average molecular weight is 284 g/mol. The minimum atomic E-state index is 0.304. The Labute approximate surface area is 126 Å². The van der Waals surface area contributed by atoms with Gasteiger partial charge in [-0.3, -0.25) is 4.98 Å². The van der Waals surface area contributed by atoms with Crippen molar-refractivity contribution in [2.24, 2.45) is 5.92 Å². The van der Waals surface area contributed by atoms with Crippen molar-refractivity contribution < 1.29 is 4.74 Å². The Bertz CT molecular complexity index is 595. The molecule has 0 bridgehead atoms. The van der Waals surface area contributed by atoms with Gasteiger partial charge in [-0.1, -0.05) is 31.2 Å². The maximum Gasteiger partial charge on any atom is 0.0756 e. The Balaban J connectivity index is 1.79. The summed E-state index contributed by atoms with van der Waals surface area (Å²) >= 11 is 0. The first kappa shape index (κ1) is 14.5. The van der Waals surface area contributed by atoms with Gasteiger partial charge in [0.05, 0.1) is 11.6 Å². The van der Waals surface area contributed by atoms with Crippen LogP contribution in [0.15, 0.2) is 36.4 Å². The number of nitrogens with zero attached hydrogens (tertiary/aromatic N) is 1. The molecule has 1 N–H and O–H groups in total. The van der Waals surface area contributed by atoms with Crippen LogP contribution in [0.4, 0.5) is 0 Å². The van der Waals surface area contributed by atoms with E-state index >= 15 is 0 Å². The topological polar surface area (TPSA) is 34.2 Å². The molecule has 0 aliphatic heterocycles. The molecule has 2 aromatic rings. The third-order valence-electron chi connectivity index (χ3n) is 4.31. The Kier molecular flexibility index (Phi) is 4.51. The molecule has 0 amide bonds. The number of methoxy groups -OCH3 is 1. The van der Waals surface area contributed by atoms with Crippen LogP contribution in [0, 0.1) is 5.92 Å². The van der Waals surface area contributed by atoms with Crippen LogP contribution in [0.25, 0.3) is 10.9 Å². The molecule has 2 unspecified atom stereocenters. The summed E-state index contributed by atoms with van der Waals surface area (Å²) in [4.78, 5) is 4.80. The van der Waals surface area contributed by atoms with Gasteiger partial charge < -0.3 is 10.1 Å². The summed E-state index contributed by atoms with van der Waals surface area (Å²) in [5.74, 6) is 0.722. The first-order chi connectivity index (χ1) is 10.3. The molecule has 3 nitrogen and oxygen atoms in total. The molecule has 1 aliphatic rings. The highest BCUT2D eigenvalue weighted by Crippen LogP contribution is 2.36. The molecular weight excluding hydrogens is 260 g/mol. The number of para-hydroxylation sites is 1. The molecule has 0 spiro atoms. The molecule has 0 radical (unpaired) electrons. The summed E-state index contributed by atoms with van der Waals surface area (Å²) in [5.41, 5.74) is 2.22. The SMILES string of the molecule is CCNC(Cc1ccc2ccccc2n1)C(OC)C1CC1. The van der Waals surface area contributed by atoms with Crippen molar-refractivity contribution in [3.8, 4) is 0 Å². The minimum absolute atomic E-state index is 0.304. The molecule has 1 aliphatic carbocycles. The van der Waals surface area contributed by atoms with Gasteiger partial charge in [-0.2, -0.15) is 0 Å². The molecule has 3 rings (SSSR count). The number of rotatable bonds is 7. The average Bonchev–Trinajstić information content (AvgIpc) is 3.33. The maximum atomic E-state index is 5.76. The number of aromatic nitrogens is 1. The summed E-state index contributed by atoms with van der Waals surface area (Å²) in [7, 11) is 1.83. The lowest BCUT2D eigenvalue weighted by Crippen LogP contribution is -2.44. The van der Waals surface area contributed by atoms with Crippen LogP contribution >= 0.6 is 0 Å². The van der Waals surface area contributed by atoms with Gasteiger partial charge in [0.25, 0.3) is 0 Å². The van der Waals surface area contributed by atoms with Crippen molar-refractivity contribution in [3.05, 3.63) is 42.1 Å². The third-order valence-corrected chi connectivity index (χ3v) is 4.31. The van der Waals surface area contributed by atoms with E-state index in [2.05, 4.69) is 42.6 Å². The maximum absolute atomic E-state index is 5.76. The first-order valence-corrected chi connectivity index (χ1v) is 7.92. The largest absolute Gasteiger partial charge is 0.380 e. The minimum Gasteiger partial charge on any atom is -0.380 e. The number of likely N-dealkylation sites (N-methyl/N-ethyl adjacent to an activating group) is 1. The van der Waals surface area contributed by atoms with Crippen molar-refractivity contribution >= 4 is 10.9 Å². The lowest BCUT2D eigenvalue weighted by Gasteiger charge is -2.26. The highest BCUT2D eigenvalue weighted by atomic mass is 16.5. The van der Waals surface area contributed by atoms with Gasteiger partial charge in [0.15, 0.2) is 0 Å². The number of pyridine rings is 1. The second kappa shape index (κ2) is 6.54. The fourth-order valence-corrected chi connectivity index (χ4v) is 3.12. The van der Waals surface area contributed by atoms with E-state index in [0.29, 0.717) is 12.1 Å². The zero-order valence-corrected chi connectivity index (χ0v) is 12.9. The lowest BCUT2D eigenvalue weighted by atomic mass is 10.0. The lowest BCUT2D eigenvalue weighted by molar-refractivity contribution is 0.0513. The van der Waals surface area contributed by atoms with Crippen molar-refractivity contribution in [3.63, 3.8) is 0 Å². The molecule has 1 saturated carbocycles. The number of nitrogens with one attached hydrogen (secondary N) is 1. The molecule has 3 heteroatoms. The molecule has 1 aromatic carbocycles. The van der Waals surface area contributed by atoms with Crippen LogP contribution in [-0.4, -0.2) is 30.8 Å². The van der Waals surface area contributed by atoms with Crippen LogP contribution in [0.2, 0.25) is 0 Å². The monoisotopic (exact) mass is 284 g/mol. The van der Waals surface area contributed by atoms with Crippen LogP contribution < -0.4 is 5.32 Å². The number of ether oxygens (including phenoxy) is 1. The molecular formula is C18H24N2O. The van der Waals surface area contributed by atoms with Gasteiger partial charge in [-0.25, -0.2) is 0 Å². The van der Waals surface area contributed by atoms with Crippen molar-refractivity contribution in [1.82, 2.24) is 10.3 Å². The summed E-state index contributed by atoms with van der Waals surface area (Å²) in [6, 6.07) is 12.9. The molecule has 1 fully saturated rings. The molecule has 0 saturated heterocycles. The number of hydrogen-bond donors (Lipinski definition) is 1. The summed E-state index contributed by atoms with van der Waals surface area (Å²) in [6.45, 7) is 3.12. The Hall–Kier alpha value is -1.45. The van der Waals surface area contributed by atoms with E-state index in [9.17, 15) is 0 Å². The third kappa shape index (κ3) is 3.42. The molecule has 1 heterocycles. The van der Waals surface area contributed by atoms with E-state index in [0.717, 1.165) is 30.1 Å². The van der Waals surface area contributed by atoms with E-state index in [-0.39, 0.29) is 0 Å². The van der Waals surface area contributed by atoms with Gasteiger partial charge in [0, 0.05) is 30.7 Å². The zero-order chi connectivity index (χ0) is 14.7. The summed E-state index contributed by atoms with van der Waals surface area (Å²) in [5, 5.41) is 4.79. The van der Waals surface area contributed by atoms with E-state index in [1.165, 1.54) is 18.2 Å². The van der Waals surface area contributed by atoms with Gasteiger partial charge >= 0.3 is 0 Å². The van der Waals surface area contributed by atoms with E-state index in [4.69, 9.17) is 9.72 Å². The standard InChI is InChI=1S/C18H24N2O/c1-3-19-17(18(21-2)14-8-9-14)12-15-11-10-13-6-4-5-7-16(13)20-15/h4-7,10-11,14,17-19H,3,8-9,12H2,1-2H3. The molecule has 2 atom stereocenters. The van der Waals surface area contributed by atoms with E-state index in [1.54, 1.807) is 0 Å². The highest BCUT2D eigenvalue weighted by Gasteiger charge is 2.36. The van der Waals surface area contributed by atoms with Crippen molar-refractivity contribution in [1.29, 1.82) is 0 Å². The predicted molar refractivity (Wildman–Crippen MR) is 86.4 cm³/mol. The first-order valence-electron chi connectivity index (χ1n) is 7.92. The van der Waals surface area contributed by atoms with Crippen LogP contribution in [0.3, 0.4) is 0 Å².